The van der Waals surface area contributed by atoms with E-state index in [1.54, 1.807) is 39.0 Å². The largest absolute Gasteiger partial charge is 0.348 e. The Hall–Kier alpha value is -1.87. The molecule has 1 N–H and O–H groups in total. The minimum atomic E-state index is -3.74. The van der Waals surface area contributed by atoms with Gasteiger partial charge in [-0.05, 0) is 30.7 Å². The van der Waals surface area contributed by atoms with Gasteiger partial charge in [0.2, 0.25) is 15.9 Å². The third kappa shape index (κ3) is 5.60. The molecule has 0 saturated carbocycles. The number of amides is 1. The zero-order valence-corrected chi connectivity index (χ0v) is 18.7. The van der Waals surface area contributed by atoms with Crippen LogP contribution >= 0.6 is 23.2 Å². The molecule has 1 aromatic heterocycles. The van der Waals surface area contributed by atoms with Gasteiger partial charge in [0.25, 0.3) is 5.56 Å². The standard InChI is InChI=1S/C19H23Cl2N3O4S/c1-4-24(5-2)29(27,28)15-7-9-19(26)23(11-15)12-18(25)22-13(3)16-8-6-14(20)10-17(16)21/h6-11,13H,4-5,12H2,1-3H3,(H,22,25). The van der Waals surface area contributed by atoms with E-state index in [0.29, 0.717) is 28.7 Å². The highest BCUT2D eigenvalue weighted by Gasteiger charge is 2.23. The number of benzene rings is 1. The van der Waals surface area contributed by atoms with E-state index in [9.17, 15) is 18.0 Å². The molecule has 0 aliphatic heterocycles. The number of hydrogen-bond donors (Lipinski definition) is 1. The molecule has 0 bridgehead atoms. The molecule has 1 atom stereocenters. The van der Waals surface area contributed by atoms with Gasteiger partial charge in [-0.3, -0.25) is 9.59 Å². The molecular formula is C19H23Cl2N3O4S. The van der Waals surface area contributed by atoms with E-state index in [-0.39, 0.29) is 11.4 Å². The van der Waals surface area contributed by atoms with Crippen LogP contribution in [0.15, 0.2) is 46.2 Å². The summed E-state index contributed by atoms with van der Waals surface area (Å²) in [6.07, 6.45) is 1.19. The molecule has 0 spiro atoms. The minimum absolute atomic E-state index is 0.0394. The van der Waals surface area contributed by atoms with Gasteiger partial charge in [-0.15, -0.1) is 0 Å². The van der Waals surface area contributed by atoms with Crippen LogP contribution in [-0.4, -0.2) is 36.3 Å². The van der Waals surface area contributed by atoms with Gasteiger partial charge in [-0.2, -0.15) is 4.31 Å². The molecule has 10 heteroatoms. The van der Waals surface area contributed by atoms with Gasteiger partial charge in [0.15, 0.2) is 0 Å². The van der Waals surface area contributed by atoms with Crippen LogP contribution in [0.4, 0.5) is 0 Å². The zero-order chi connectivity index (χ0) is 21.8. The Morgan fingerprint density at radius 3 is 2.41 bits per heavy atom. The fraction of sp³-hybridized carbons (Fsp3) is 0.368. The molecule has 7 nitrogen and oxygen atoms in total. The lowest BCUT2D eigenvalue weighted by molar-refractivity contribution is -0.122. The Bertz CT molecular complexity index is 1050. The molecule has 1 heterocycles. The van der Waals surface area contributed by atoms with Gasteiger partial charge >= 0.3 is 0 Å². The van der Waals surface area contributed by atoms with Crippen molar-refractivity contribution in [1.29, 1.82) is 0 Å². The summed E-state index contributed by atoms with van der Waals surface area (Å²) in [5.41, 5.74) is 0.199. The van der Waals surface area contributed by atoms with Crippen molar-refractivity contribution in [3.05, 3.63) is 62.5 Å². The Labute approximate surface area is 180 Å². The van der Waals surface area contributed by atoms with Crippen LogP contribution in [0.1, 0.15) is 32.4 Å². The molecule has 0 fully saturated rings. The van der Waals surface area contributed by atoms with Crippen LogP contribution in [0.5, 0.6) is 0 Å². The third-order valence-electron chi connectivity index (χ3n) is 4.42. The predicted molar refractivity (Wildman–Crippen MR) is 114 cm³/mol. The van der Waals surface area contributed by atoms with Gasteiger partial charge in [0, 0.05) is 35.4 Å². The highest BCUT2D eigenvalue weighted by molar-refractivity contribution is 7.89. The van der Waals surface area contributed by atoms with E-state index in [1.807, 2.05) is 0 Å². The molecule has 1 amide bonds. The van der Waals surface area contributed by atoms with Gasteiger partial charge in [-0.25, -0.2) is 8.42 Å². The van der Waals surface area contributed by atoms with Crippen LogP contribution in [0.2, 0.25) is 10.0 Å². The summed E-state index contributed by atoms with van der Waals surface area (Å²) < 4.78 is 27.7. The second kappa shape index (κ2) is 9.75. The van der Waals surface area contributed by atoms with Crippen LogP contribution in [0.25, 0.3) is 0 Å². The number of hydrogen-bond acceptors (Lipinski definition) is 4. The van der Waals surface area contributed by atoms with Gasteiger partial charge in [0.1, 0.15) is 6.54 Å². The Morgan fingerprint density at radius 1 is 1.17 bits per heavy atom. The molecule has 1 unspecified atom stereocenters. The monoisotopic (exact) mass is 459 g/mol. The van der Waals surface area contributed by atoms with E-state index in [4.69, 9.17) is 23.2 Å². The van der Waals surface area contributed by atoms with Crippen molar-refractivity contribution >= 4 is 39.1 Å². The topological polar surface area (TPSA) is 88.5 Å². The summed E-state index contributed by atoms with van der Waals surface area (Å²) >= 11 is 12.0. The number of pyridine rings is 1. The van der Waals surface area contributed by atoms with Gasteiger partial charge in [-0.1, -0.05) is 43.1 Å². The summed E-state index contributed by atoms with van der Waals surface area (Å²) in [5, 5.41) is 3.64. The summed E-state index contributed by atoms with van der Waals surface area (Å²) in [6.45, 7) is 5.49. The normalized spacial score (nSPS) is 12.8. The van der Waals surface area contributed by atoms with E-state index < -0.39 is 27.5 Å². The molecule has 2 aromatic rings. The molecule has 2 rings (SSSR count). The number of carbonyl (C=O) groups excluding carboxylic acids is 1. The second-order valence-corrected chi connectivity index (χ2v) is 9.16. The molecule has 0 saturated heterocycles. The number of nitrogens with zero attached hydrogens (tertiary/aromatic N) is 2. The molecule has 158 valence electrons. The Kier molecular flexibility index (Phi) is 7.87. The number of sulfonamides is 1. The van der Waals surface area contributed by atoms with Gasteiger partial charge < -0.3 is 9.88 Å². The summed E-state index contributed by atoms with van der Waals surface area (Å²) in [6, 6.07) is 6.92. The van der Waals surface area contributed by atoms with Crippen molar-refractivity contribution in [1.82, 2.24) is 14.2 Å². The summed E-state index contributed by atoms with van der Waals surface area (Å²) in [4.78, 5) is 24.5. The Morgan fingerprint density at radius 2 is 1.83 bits per heavy atom. The van der Waals surface area contributed by atoms with E-state index in [2.05, 4.69) is 5.32 Å². The van der Waals surface area contributed by atoms with Crippen LogP contribution in [-0.2, 0) is 21.4 Å². The number of halogens is 2. The van der Waals surface area contributed by atoms with E-state index in [0.717, 1.165) is 10.6 Å². The summed E-state index contributed by atoms with van der Waals surface area (Å²) in [5.74, 6) is -0.456. The number of carbonyl (C=O) groups is 1. The lowest BCUT2D eigenvalue weighted by Gasteiger charge is -2.19. The number of nitrogens with one attached hydrogen (secondary N) is 1. The maximum atomic E-state index is 12.7. The predicted octanol–water partition coefficient (Wildman–Crippen LogP) is 3.06. The highest BCUT2D eigenvalue weighted by atomic mass is 35.5. The molecular weight excluding hydrogens is 437 g/mol. The van der Waals surface area contributed by atoms with Crippen molar-refractivity contribution in [2.75, 3.05) is 13.1 Å². The van der Waals surface area contributed by atoms with Crippen molar-refractivity contribution < 1.29 is 13.2 Å². The first-order chi connectivity index (χ1) is 13.6. The van der Waals surface area contributed by atoms with E-state index >= 15 is 0 Å². The first-order valence-electron chi connectivity index (χ1n) is 9.05. The molecule has 0 aliphatic rings. The Balaban J connectivity index is 2.21. The zero-order valence-electron chi connectivity index (χ0n) is 16.4. The van der Waals surface area contributed by atoms with E-state index in [1.165, 1.54) is 16.6 Å². The van der Waals surface area contributed by atoms with Crippen molar-refractivity contribution in [3.8, 4) is 0 Å². The van der Waals surface area contributed by atoms with Gasteiger partial charge in [0.05, 0.1) is 10.9 Å². The fourth-order valence-corrected chi connectivity index (χ4v) is 4.92. The first-order valence-corrected chi connectivity index (χ1v) is 11.2. The molecule has 29 heavy (non-hydrogen) atoms. The van der Waals surface area contributed by atoms with Crippen LogP contribution < -0.4 is 10.9 Å². The average molecular weight is 460 g/mol. The molecule has 0 radical (unpaired) electrons. The average Bonchev–Trinajstić information content (AvgIpc) is 2.63. The fourth-order valence-electron chi connectivity index (χ4n) is 2.87. The van der Waals surface area contributed by atoms with Crippen LogP contribution in [0.3, 0.4) is 0 Å². The minimum Gasteiger partial charge on any atom is -0.348 e. The maximum absolute atomic E-state index is 12.7. The lowest BCUT2D eigenvalue weighted by atomic mass is 10.1. The van der Waals surface area contributed by atoms with Crippen molar-refractivity contribution in [2.45, 2.75) is 38.3 Å². The highest BCUT2D eigenvalue weighted by Crippen LogP contribution is 2.26. The lowest BCUT2D eigenvalue weighted by Crippen LogP contribution is -2.35. The molecule has 0 aliphatic carbocycles. The smallest absolute Gasteiger partial charge is 0.251 e. The van der Waals surface area contributed by atoms with Crippen LogP contribution in [0, 0.1) is 0 Å². The third-order valence-corrected chi connectivity index (χ3v) is 7.02. The first kappa shape index (κ1) is 23.4. The molecule has 1 aromatic carbocycles. The quantitative estimate of drug-likeness (QED) is 0.656. The van der Waals surface area contributed by atoms with Crippen molar-refractivity contribution in [3.63, 3.8) is 0 Å². The summed E-state index contributed by atoms with van der Waals surface area (Å²) in [7, 11) is -3.74. The maximum Gasteiger partial charge on any atom is 0.251 e. The van der Waals surface area contributed by atoms with Crippen molar-refractivity contribution in [2.24, 2.45) is 0 Å². The SMILES string of the molecule is CCN(CC)S(=O)(=O)c1ccc(=O)n(CC(=O)NC(C)c2ccc(Cl)cc2Cl)c1. The number of rotatable bonds is 8. The number of aromatic nitrogens is 1. The second-order valence-electron chi connectivity index (χ2n) is 6.38.